The fourth-order valence-electron chi connectivity index (χ4n) is 5.59. The molecular weight excluding hydrogens is 374 g/mol. The van der Waals surface area contributed by atoms with E-state index in [4.69, 9.17) is 9.72 Å². The summed E-state index contributed by atoms with van der Waals surface area (Å²) in [6, 6.07) is 13.0. The van der Waals surface area contributed by atoms with Crippen molar-refractivity contribution in [3.8, 4) is 0 Å². The van der Waals surface area contributed by atoms with Crippen molar-refractivity contribution in [1.29, 1.82) is 0 Å². The van der Waals surface area contributed by atoms with E-state index >= 15 is 0 Å². The van der Waals surface area contributed by atoms with Crippen LogP contribution in [0.5, 0.6) is 0 Å². The highest BCUT2D eigenvalue weighted by Crippen LogP contribution is 2.43. The molecule has 6 rings (SSSR count). The number of rotatable bonds is 5. The third kappa shape index (κ3) is 3.42. The van der Waals surface area contributed by atoms with Crippen molar-refractivity contribution in [2.24, 2.45) is 11.8 Å². The summed E-state index contributed by atoms with van der Waals surface area (Å²) in [6.45, 7) is 3.20. The van der Waals surface area contributed by atoms with Crippen LogP contribution in [-0.4, -0.2) is 51.2 Å². The van der Waals surface area contributed by atoms with E-state index < -0.39 is 0 Å². The third-order valence-electron chi connectivity index (χ3n) is 7.37. The van der Waals surface area contributed by atoms with Gasteiger partial charge in [-0.05, 0) is 49.7 Å². The molecule has 0 amide bonds. The zero-order valence-electron chi connectivity index (χ0n) is 17.5. The van der Waals surface area contributed by atoms with Crippen molar-refractivity contribution in [1.82, 2.24) is 24.9 Å². The number of likely N-dealkylation sites (tertiary alicyclic amines) is 1. The first-order valence-corrected chi connectivity index (χ1v) is 11.3. The van der Waals surface area contributed by atoms with E-state index in [1.807, 2.05) is 7.11 Å². The minimum Gasteiger partial charge on any atom is -0.379 e. The lowest BCUT2D eigenvalue weighted by molar-refractivity contribution is -0.00546. The van der Waals surface area contributed by atoms with Crippen LogP contribution in [0.3, 0.4) is 0 Å². The minimum atomic E-state index is 0.221. The molecule has 156 valence electrons. The van der Waals surface area contributed by atoms with Gasteiger partial charge >= 0.3 is 0 Å². The average Bonchev–Trinajstić information content (AvgIpc) is 3.37. The number of ether oxygens (including phenoxy) is 1. The molecule has 0 radical (unpaired) electrons. The van der Waals surface area contributed by atoms with E-state index in [2.05, 4.69) is 62.5 Å². The zero-order valence-corrected chi connectivity index (χ0v) is 17.5. The van der Waals surface area contributed by atoms with Gasteiger partial charge in [-0.25, -0.2) is 4.68 Å². The number of nitrogens with zero attached hydrogens (tertiary/aromatic N) is 5. The molecule has 0 N–H and O–H groups in total. The molecule has 3 heterocycles. The Hall–Kier alpha value is -2.31. The van der Waals surface area contributed by atoms with Crippen LogP contribution in [0.4, 0.5) is 0 Å². The summed E-state index contributed by atoms with van der Waals surface area (Å²) in [4.78, 5) is 7.47. The van der Waals surface area contributed by atoms with Gasteiger partial charge in [0.05, 0.1) is 29.1 Å². The first kappa shape index (κ1) is 18.5. The van der Waals surface area contributed by atoms with Crippen molar-refractivity contribution in [2.75, 3.05) is 20.2 Å². The Labute approximate surface area is 177 Å². The maximum atomic E-state index is 5.93. The topological polar surface area (TPSA) is 56.1 Å². The molecule has 2 aromatic heterocycles. The van der Waals surface area contributed by atoms with E-state index in [9.17, 15) is 0 Å². The van der Waals surface area contributed by atoms with Crippen molar-refractivity contribution < 1.29 is 4.74 Å². The number of hydrogen-bond donors (Lipinski definition) is 0. The molecule has 6 heteroatoms. The van der Waals surface area contributed by atoms with Gasteiger partial charge in [0.2, 0.25) is 0 Å². The Balaban J connectivity index is 1.16. The predicted molar refractivity (Wildman–Crippen MR) is 115 cm³/mol. The summed E-state index contributed by atoms with van der Waals surface area (Å²) in [5.41, 5.74) is 3.42. The van der Waals surface area contributed by atoms with Crippen molar-refractivity contribution in [2.45, 2.75) is 50.3 Å². The predicted octanol–water partition coefficient (Wildman–Crippen LogP) is 3.80. The Morgan fingerprint density at radius 1 is 1.03 bits per heavy atom. The fourth-order valence-corrected chi connectivity index (χ4v) is 5.59. The molecule has 2 aliphatic carbocycles. The molecular formula is C24H29N5O. The maximum Gasteiger partial charge on any atom is 0.0858 e. The Morgan fingerprint density at radius 3 is 2.70 bits per heavy atom. The van der Waals surface area contributed by atoms with E-state index in [-0.39, 0.29) is 6.10 Å². The normalized spacial score (nSPS) is 29.4. The number of fused-ring (bicyclic) bond motifs is 2. The van der Waals surface area contributed by atoms with Crippen molar-refractivity contribution in [3.05, 3.63) is 54.0 Å². The van der Waals surface area contributed by atoms with Crippen LogP contribution in [0.2, 0.25) is 0 Å². The van der Waals surface area contributed by atoms with Crippen LogP contribution in [0.25, 0.3) is 10.9 Å². The van der Waals surface area contributed by atoms with E-state index in [0.29, 0.717) is 23.8 Å². The number of para-hydroxylation sites is 1. The fraction of sp³-hybridized carbons (Fsp3) is 0.542. The smallest absolute Gasteiger partial charge is 0.0858 e. The van der Waals surface area contributed by atoms with Gasteiger partial charge in [0.15, 0.2) is 0 Å². The van der Waals surface area contributed by atoms with Gasteiger partial charge in [-0.2, -0.15) is 0 Å². The van der Waals surface area contributed by atoms with Crippen LogP contribution in [0.1, 0.15) is 49.0 Å². The molecule has 6 nitrogen and oxygen atoms in total. The molecule has 1 aromatic carbocycles. The molecule has 1 aliphatic heterocycles. The quantitative estimate of drug-likeness (QED) is 0.649. The Kier molecular flexibility index (Phi) is 4.57. The van der Waals surface area contributed by atoms with Gasteiger partial charge < -0.3 is 4.74 Å². The lowest BCUT2D eigenvalue weighted by Crippen LogP contribution is -2.37. The highest BCUT2D eigenvalue weighted by Gasteiger charge is 2.43. The highest BCUT2D eigenvalue weighted by atomic mass is 16.5. The standard InChI is InChI=1S/C24H29N5O/c1-30-24-11-19-13-28(14-20-9-8-16-4-2-3-5-21(16)25-20)12-18(19)10-23(24)29-15-22(26-27-29)17-6-7-17/h2-5,8-9,15,17-19,23-24H,6-7,10-14H2,1H3/t18-,19+,23-,24-/m1/s1. The number of pyridine rings is 1. The maximum absolute atomic E-state index is 5.93. The summed E-state index contributed by atoms with van der Waals surface area (Å²) >= 11 is 0. The summed E-state index contributed by atoms with van der Waals surface area (Å²) in [5, 5.41) is 10.1. The van der Waals surface area contributed by atoms with Crippen LogP contribution in [-0.2, 0) is 11.3 Å². The van der Waals surface area contributed by atoms with Crippen LogP contribution in [0, 0.1) is 11.8 Å². The molecule has 1 saturated heterocycles. The summed E-state index contributed by atoms with van der Waals surface area (Å²) < 4.78 is 8.04. The number of benzene rings is 1. The van der Waals surface area contributed by atoms with Gasteiger partial charge in [0.1, 0.15) is 0 Å². The van der Waals surface area contributed by atoms with Gasteiger partial charge in [-0.15, -0.1) is 5.10 Å². The van der Waals surface area contributed by atoms with Crippen molar-refractivity contribution in [3.63, 3.8) is 0 Å². The summed E-state index contributed by atoms with van der Waals surface area (Å²) in [5.74, 6) is 2.03. The van der Waals surface area contributed by atoms with Crippen LogP contribution < -0.4 is 0 Å². The molecule has 2 saturated carbocycles. The van der Waals surface area contributed by atoms with Crippen LogP contribution in [0.15, 0.2) is 42.6 Å². The second kappa shape index (κ2) is 7.43. The van der Waals surface area contributed by atoms with Gasteiger partial charge in [0.25, 0.3) is 0 Å². The first-order valence-electron chi connectivity index (χ1n) is 11.3. The molecule has 30 heavy (non-hydrogen) atoms. The second-order valence-corrected chi connectivity index (χ2v) is 9.42. The molecule has 3 fully saturated rings. The molecule has 0 bridgehead atoms. The SMILES string of the molecule is CO[C@@H]1C[C@H]2CN(Cc3ccc4ccccc4n3)C[C@H]2C[C@H]1n1cc(C2CC2)nn1. The largest absolute Gasteiger partial charge is 0.379 e. The minimum absolute atomic E-state index is 0.221. The van der Waals surface area contributed by atoms with Gasteiger partial charge in [-0.1, -0.05) is 29.5 Å². The summed E-state index contributed by atoms with van der Waals surface area (Å²) in [7, 11) is 1.85. The number of methoxy groups -OCH3 is 1. The lowest BCUT2D eigenvalue weighted by atomic mass is 9.77. The zero-order chi connectivity index (χ0) is 20.1. The van der Waals surface area contributed by atoms with Crippen LogP contribution >= 0.6 is 0 Å². The number of hydrogen-bond acceptors (Lipinski definition) is 5. The van der Waals surface area contributed by atoms with Gasteiger partial charge in [-0.3, -0.25) is 9.88 Å². The lowest BCUT2D eigenvalue weighted by Gasteiger charge is -2.37. The monoisotopic (exact) mass is 403 g/mol. The first-order chi connectivity index (χ1) is 14.8. The summed E-state index contributed by atoms with van der Waals surface area (Å²) in [6.07, 6.45) is 7.16. The van der Waals surface area contributed by atoms with Gasteiger partial charge in [0, 0.05) is 44.2 Å². The molecule has 0 spiro atoms. The van der Waals surface area contributed by atoms with Crippen molar-refractivity contribution >= 4 is 10.9 Å². The second-order valence-electron chi connectivity index (χ2n) is 9.42. The van der Waals surface area contributed by atoms with E-state index in [1.165, 1.54) is 23.9 Å². The van der Waals surface area contributed by atoms with E-state index in [0.717, 1.165) is 43.7 Å². The molecule has 0 unspecified atom stereocenters. The Bertz CT molecular complexity index is 1040. The molecule has 3 aromatic rings. The Morgan fingerprint density at radius 2 is 1.87 bits per heavy atom. The molecule has 4 atom stereocenters. The average molecular weight is 404 g/mol. The highest BCUT2D eigenvalue weighted by molar-refractivity contribution is 5.78. The van der Waals surface area contributed by atoms with E-state index in [1.54, 1.807) is 0 Å². The third-order valence-corrected chi connectivity index (χ3v) is 7.37. The molecule has 3 aliphatic rings. The number of aromatic nitrogens is 4.